The Labute approximate surface area is 186 Å². The molecule has 0 aliphatic rings. The first kappa shape index (κ1) is 24.7. The van der Waals surface area contributed by atoms with Crippen LogP contribution in [0.25, 0.3) is 0 Å². The lowest BCUT2D eigenvalue weighted by molar-refractivity contribution is -0.145. The summed E-state index contributed by atoms with van der Waals surface area (Å²) in [6.45, 7) is 11.9. The van der Waals surface area contributed by atoms with Crippen molar-refractivity contribution in [2.45, 2.75) is 59.8 Å². The number of carbonyl (C=O) groups is 1. The number of nitrogens with two attached hydrogens (primary N) is 1. The fourth-order valence-corrected chi connectivity index (χ4v) is 3.49. The van der Waals surface area contributed by atoms with Gasteiger partial charge in [-0.15, -0.1) is 0 Å². The zero-order valence-electron chi connectivity index (χ0n) is 19.6. The van der Waals surface area contributed by atoms with Crippen molar-refractivity contribution in [1.29, 1.82) is 0 Å². The van der Waals surface area contributed by atoms with E-state index in [1.54, 1.807) is 0 Å². The first-order valence-corrected chi connectivity index (χ1v) is 11.2. The molecule has 0 aromatic heterocycles. The Hall–Kier alpha value is -2.53. The number of aryl methyl sites for hydroxylation is 2. The minimum atomic E-state index is -0.410. The zero-order valence-corrected chi connectivity index (χ0v) is 19.6. The molecule has 0 heterocycles. The number of esters is 1. The molecule has 5 heteroatoms. The molecular weight excluding hydrogens is 390 g/mol. The lowest BCUT2D eigenvalue weighted by atomic mass is 9.93. The summed E-state index contributed by atoms with van der Waals surface area (Å²) < 4.78 is 16.6. The van der Waals surface area contributed by atoms with Gasteiger partial charge in [-0.3, -0.25) is 0 Å². The Morgan fingerprint density at radius 3 is 2.35 bits per heavy atom. The second kappa shape index (κ2) is 12.4. The maximum absolute atomic E-state index is 11.6. The molecule has 0 saturated heterocycles. The van der Waals surface area contributed by atoms with E-state index in [0.717, 1.165) is 42.7 Å². The molecule has 2 rings (SSSR count). The Bertz CT molecular complexity index is 837. The van der Waals surface area contributed by atoms with Crippen molar-refractivity contribution in [2.75, 3.05) is 26.4 Å². The van der Waals surface area contributed by atoms with E-state index in [1.165, 1.54) is 16.7 Å². The fourth-order valence-electron chi connectivity index (χ4n) is 3.49. The van der Waals surface area contributed by atoms with Crippen LogP contribution in [0.2, 0.25) is 0 Å². The molecule has 0 aliphatic carbocycles. The van der Waals surface area contributed by atoms with Crippen molar-refractivity contribution in [3.05, 3.63) is 58.1 Å². The number of hydrogen-bond acceptors (Lipinski definition) is 5. The van der Waals surface area contributed by atoms with Crippen LogP contribution in [0, 0.1) is 13.8 Å². The van der Waals surface area contributed by atoms with Crippen LogP contribution in [0.4, 0.5) is 0 Å². The highest BCUT2D eigenvalue weighted by Gasteiger charge is 2.13. The van der Waals surface area contributed by atoms with E-state index in [1.807, 2.05) is 12.1 Å². The quantitative estimate of drug-likeness (QED) is 0.378. The number of rotatable bonds is 12. The molecule has 5 nitrogen and oxygen atoms in total. The Morgan fingerprint density at radius 2 is 1.74 bits per heavy atom. The van der Waals surface area contributed by atoms with Gasteiger partial charge in [0.1, 0.15) is 18.1 Å². The minimum Gasteiger partial charge on any atom is -0.493 e. The predicted octanol–water partition coefficient (Wildman–Crippen LogP) is 5.08. The molecule has 0 atom stereocenters. The van der Waals surface area contributed by atoms with E-state index in [2.05, 4.69) is 52.8 Å². The SMILES string of the molecule is CCCCOc1ccc(Cc2c(C)cc(OCC(=O)OCCN)cc2C)cc1C(C)C. The number of carbonyl (C=O) groups excluding carboxylic acids is 1. The van der Waals surface area contributed by atoms with Crippen LogP contribution >= 0.6 is 0 Å². The van der Waals surface area contributed by atoms with E-state index in [9.17, 15) is 4.79 Å². The third-order valence-electron chi connectivity index (χ3n) is 5.24. The van der Waals surface area contributed by atoms with Crippen molar-refractivity contribution in [2.24, 2.45) is 5.73 Å². The van der Waals surface area contributed by atoms with Crippen LogP contribution in [-0.2, 0) is 16.0 Å². The van der Waals surface area contributed by atoms with Crippen LogP contribution in [0.1, 0.15) is 67.3 Å². The zero-order chi connectivity index (χ0) is 22.8. The molecule has 2 aromatic rings. The molecule has 2 N–H and O–H groups in total. The molecule has 0 spiro atoms. The molecule has 2 aromatic carbocycles. The summed E-state index contributed by atoms with van der Waals surface area (Å²) in [4.78, 5) is 11.6. The highest BCUT2D eigenvalue weighted by molar-refractivity contribution is 5.71. The fraction of sp³-hybridized carbons (Fsp3) is 0.500. The van der Waals surface area contributed by atoms with Crippen molar-refractivity contribution in [3.63, 3.8) is 0 Å². The lowest BCUT2D eigenvalue weighted by Crippen LogP contribution is -2.19. The monoisotopic (exact) mass is 427 g/mol. The minimum absolute atomic E-state index is 0.116. The maximum atomic E-state index is 11.6. The van der Waals surface area contributed by atoms with E-state index in [4.69, 9.17) is 19.9 Å². The van der Waals surface area contributed by atoms with E-state index in [-0.39, 0.29) is 13.2 Å². The van der Waals surface area contributed by atoms with Gasteiger partial charge in [0.2, 0.25) is 0 Å². The summed E-state index contributed by atoms with van der Waals surface area (Å²) in [5, 5.41) is 0. The van der Waals surface area contributed by atoms with E-state index < -0.39 is 5.97 Å². The summed E-state index contributed by atoms with van der Waals surface area (Å²) in [7, 11) is 0. The van der Waals surface area contributed by atoms with Crippen molar-refractivity contribution < 1.29 is 19.0 Å². The summed E-state index contributed by atoms with van der Waals surface area (Å²) in [6.07, 6.45) is 3.03. The van der Waals surface area contributed by atoms with Gasteiger partial charge in [0.05, 0.1) is 6.61 Å². The summed E-state index contributed by atoms with van der Waals surface area (Å²) >= 11 is 0. The van der Waals surface area contributed by atoms with Crippen molar-refractivity contribution in [1.82, 2.24) is 0 Å². The number of unbranched alkanes of at least 4 members (excludes halogenated alkanes) is 1. The average molecular weight is 428 g/mol. The highest BCUT2D eigenvalue weighted by Crippen LogP contribution is 2.30. The third kappa shape index (κ3) is 7.59. The summed E-state index contributed by atoms with van der Waals surface area (Å²) in [6, 6.07) is 10.5. The van der Waals surface area contributed by atoms with Crippen LogP contribution in [-0.4, -0.2) is 32.3 Å². The van der Waals surface area contributed by atoms with Gasteiger partial charge in [0.25, 0.3) is 0 Å². The van der Waals surface area contributed by atoms with Crippen molar-refractivity contribution >= 4 is 5.97 Å². The van der Waals surface area contributed by atoms with Crippen LogP contribution < -0.4 is 15.2 Å². The predicted molar refractivity (Wildman–Crippen MR) is 125 cm³/mol. The molecule has 0 saturated carbocycles. The van der Waals surface area contributed by atoms with Gasteiger partial charge in [0.15, 0.2) is 6.61 Å². The van der Waals surface area contributed by atoms with Crippen LogP contribution in [0.15, 0.2) is 30.3 Å². The summed E-state index contributed by atoms with van der Waals surface area (Å²) in [5.74, 6) is 1.65. The van der Waals surface area contributed by atoms with Gasteiger partial charge in [0, 0.05) is 6.54 Å². The van der Waals surface area contributed by atoms with Crippen LogP contribution in [0.5, 0.6) is 11.5 Å². The molecular formula is C26H37NO4. The van der Waals surface area contributed by atoms with Crippen molar-refractivity contribution in [3.8, 4) is 11.5 Å². The van der Waals surface area contributed by atoms with Gasteiger partial charge in [-0.1, -0.05) is 39.3 Å². The Kier molecular flexibility index (Phi) is 9.86. The number of ether oxygens (including phenoxy) is 3. The van der Waals surface area contributed by atoms with Gasteiger partial charge < -0.3 is 19.9 Å². The topological polar surface area (TPSA) is 70.8 Å². The highest BCUT2D eigenvalue weighted by atomic mass is 16.6. The standard InChI is InChI=1S/C26H37NO4/c1-6-7-11-29-25-9-8-21(15-23(25)18(2)3)16-24-19(4)13-22(14-20(24)5)31-17-26(28)30-12-10-27/h8-9,13-15,18H,6-7,10-12,16-17,27H2,1-5H3. The largest absolute Gasteiger partial charge is 0.493 e. The summed E-state index contributed by atoms with van der Waals surface area (Å²) in [5.41, 5.74) is 11.4. The second-order valence-corrected chi connectivity index (χ2v) is 8.24. The van der Waals surface area contributed by atoms with E-state index in [0.29, 0.717) is 18.2 Å². The van der Waals surface area contributed by atoms with E-state index >= 15 is 0 Å². The molecule has 31 heavy (non-hydrogen) atoms. The number of hydrogen-bond donors (Lipinski definition) is 1. The molecule has 0 aliphatic heterocycles. The second-order valence-electron chi connectivity index (χ2n) is 8.24. The molecule has 0 unspecified atom stereocenters. The Morgan fingerprint density at radius 1 is 1.03 bits per heavy atom. The first-order valence-electron chi connectivity index (χ1n) is 11.2. The van der Waals surface area contributed by atoms with Gasteiger partial charge in [-0.05, 0) is 78.6 Å². The Balaban J connectivity index is 2.13. The lowest BCUT2D eigenvalue weighted by Gasteiger charge is -2.17. The molecule has 0 amide bonds. The van der Waals surface area contributed by atoms with Crippen LogP contribution in [0.3, 0.4) is 0 Å². The van der Waals surface area contributed by atoms with Gasteiger partial charge in [-0.2, -0.15) is 0 Å². The maximum Gasteiger partial charge on any atom is 0.344 e. The third-order valence-corrected chi connectivity index (χ3v) is 5.24. The molecule has 0 radical (unpaired) electrons. The average Bonchev–Trinajstić information content (AvgIpc) is 2.74. The first-order chi connectivity index (χ1) is 14.8. The smallest absolute Gasteiger partial charge is 0.344 e. The number of benzene rings is 2. The molecule has 0 bridgehead atoms. The molecule has 0 fully saturated rings. The normalized spacial score (nSPS) is 10.9. The van der Waals surface area contributed by atoms with Gasteiger partial charge in [-0.25, -0.2) is 4.79 Å². The molecule has 170 valence electrons. The van der Waals surface area contributed by atoms with Gasteiger partial charge >= 0.3 is 5.97 Å².